The third kappa shape index (κ3) is 3.15. The van der Waals surface area contributed by atoms with Crippen molar-refractivity contribution in [1.82, 2.24) is 4.98 Å². The number of rotatable bonds is 6. The Kier molecular flexibility index (Phi) is 4.30. The number of ether oxygens (including phenoxy) is 1. The number of aromatic nitrogens is 1. The molecule has 0 bridgehead atoms. The first kappa shape index (κ1) is 12.3. The van der Waals surface area contributed by atoms with E-state index < -0.39 is 0 Å². The van der Waals surface area contributed by atoms with Crippen molar-refractivity contribution in [2.75, 3.05) is 24.8 Å². The van der Waals surface area contributed by atoms with Crippen molar-refractivity contribution in [2.24, 2.45) is 5.84 Å². The van der Waals surface area contributed by atoms with E-state index in [-0.39, 0.29) is 0 Å². The summed E-state index contributed by atoms with van der Waals surface area (Å²) in [5, 5.41) is 2.56. The largest absolute Gasteiger partial charge is 0.382 e. The van der Waals surface area contributed by atoms with Gasteiger partial charge in [0.25, 0.3) is 0 Å². The molecule has 2 rings (SSSR count). The Balaban J connectivity index is 1.96. The van der Waals surface area contributed by atoms with E-state index in [0.29, 0.717) is 0 Å². The zero-order valence-corrected chi connectivity index (χ0v) is 10.7. The lowest BCUT2D eigenvalue weighted by Gasteiger charge is -2.14. The van der Waals surface area contributed by atoms with E-state index in [2.05, 4.69) is 11.1 Å². The molecule has 1 heterocycles. The van der Waals surface area contributed by atoms with Crippen LogP contribution in [-0.4, -0.2) is 24.7 Å². The first-order valence-electron chi connectivity index (χ1n) is 5.77. The van der Waals surface area contributed by atoms with Gasteiger partial charge in [0.05, 0.1) is 10.2 Å². The summed E-state index contributed by atoms with van der Waals surface area (Å²) in [4.78, 5) is 4.49. The molecule has 0 saturated heterocycles. The molecule has 0 saturated carbocycles. The number of para-hydroxylation sites is 1. The van der Waals surface area contributed by atoms with Gasteiger partial charge in [-0.25, -0.2) is 10.8 Å². The number of anilines is 1. The number of hydrogen-bond donors (Lipinski definition) is 1. The maximum atomic E-state index is 5.97. The summed E-state index contributed by atoms with van der Waals surface area (Å²) in [6.45, 7) is 4.26. The Morgan fingerprint density at radius 2 is 2.24 bits per heavy atom. The number of hydrogen-bond acceptors (Lipinski definition) is 5. The molecule has 4 nitrogen and oxygen atoms in total. The molecule has 0 unspecified atom stereocenters. The van der Waals surface area contributed by atoms with Crippen LogP contribution in [0.5, 0.6) is 0 Å². The zero-order valence-electron chi connectivity index (χ0n) is 9.93. The Morgan fingerprint density at radius 1 is 1.41 bits per heavy atom. The lowest BCUT2D eigenvalue weighted by Crippen LogP contribution is -2.32. The number of thiazole rings is 1. The molecule has 0 atom stereocenters. The number of hydrazine groups is 1. The first-order valence-corrected chi connectivity index (χ1v) is 6.58. The van der Waals surface area contributed by atoms with Crippen molar-refractivity contribution in [2.45, 2.75) is 13.3 Å². The lowest BCUT2D eigenvalue weighted by molar-refractivity contribution is 0.146. The second-order valence-corrected chi connectivity index (χ2v) is 4.72. The maximum absolute atomic E-state index is 5.97. The summed E-state index contributed by atoms with van der Waals surface area (Å²) < 4.78 is 6.45. The average Bonchev–Trinajstić information content (AvgIpc) is 2.78. The van der Waals surface area contributed by atoms with E-state index in [9.17, 15) is 0 Å². The molecule has 5 heteroatoms. The quantitative estimate of drug-likeness (QED) is 0.486. The SMILES string of the molecule is CCOCCCN(N)c1nc2ccccc2s1. The maximum Gasteiger partial charge on any atom is 0.200 e. The third-order valence-corrected chi connectivity index (χ3v) is 3.49. The van der Waals surface area contributed by atoms with Gasteiger partial charge in [-0.3, -0.25) is 5.01 Å². The van der Waals surface area contributed by atoms with Crippen LogP contribution in [0.4, 0.5) is 5.13 Å². The molecule has 1 aromatic carbocycles. The van der Waals surface area contributed by atoms with Gasteiger partial charge in [0, 0.05) is 19.8 Å². The molecule has 2 aromatic rings. The van der Waals surface area contributed by atoms with E-state index in [4.69, 9.17) is 10.6 Å². The number of nitrogens with two attached hydrogens (primary N) is 1. The van der Waals surface area contributed by atoms with Crippen LogP contribution in [-0.2, 0) is 4.74 Å². The number of fused-ring (bicyclic) bond motifs is 1. The molecular weight excluding hydrogens is 234 g/mol. The molecule has 1 aromatic heterocycles. The Hall–Kier alpha value is -1.17. The van der Waals surface area contributed by atoms with Crippen molar-refractivity contribution in [3.8, 4) is 0 Å². The predicted molar refractivity (Wildman–Crippen MR) is 72.3 cm³/mol. The van der Waals surface area contributed by atoms with Gasteiger partial charge in [-0.1, -0.05) is 23.5 Å². The second-order valence-electron chi connectivity index (χ2n) is 3.71. The van der Waals surface area contributed by atoms with Crippen LogP contribution in [0.2, 0.25) is 0 Å². The summed E-state index contributed by atoms with van der Waals surface area (Å²) in [5.41, 5.74) is 1.01. The Morgan fingerprint density at radius 3 is 3.00 bits per heavy atom. The van der Waals surface area contributed by atoms with Crippen LogP contribution < -0.4 is 10.9 Å². The van der Waals surface area contributed by atoms with Crippen molar-refractivity contribution >= 4 is 26.7 Å². The molecule has 2 N–H and O–H groups in total. The highest BCUT2D eigenvalue weighted by molar-refractivity contribution is 7.22. The molecule has 0 aliphatic rings. The standard InChI is InChI=1S/C12H17N3OS/c1-2-16-9-5-8-15(13)12-14-10-6-3-4-7-11(10)17-12/h3-4,6-7H,2,5,8-9,13H2,1H3. The van der Waals surface area contributed by atoms with E-state index in [1.807, 2.05) is 25.1 Å². The second kappa shape index (κ2) is 5.95. The van der Waals surface area contributed by atoms with Gasteiger partial charge in [-0.05, 0) is 25.5 Å². The van der Waals surface area contributed by atoms with Gasteiger partial charge in [0.15, 0.2) is 0 Å². The fraction of sp³-hybridized carbons (Fsp3) is 0.417. The van der Waals surface area contributed by atoms with Crippen LogP contribution in [0, 0.1) is 0 Å². The molecule has 17 heavy (non-hydrogen) atoms. The Labute approximate surface area is 105 Å². The smallest absolute Gasteiger partial charge is 0.200 e. The highest BCUT2D eigenvalue weighted by Gasteiger charge is 2.07. The van der Waals surface area contributed by atoms with Gasteiger partial charge < -0.3 is 4.74 Å². The van der Waals surface area contributed by atoms with Crippen molar-refractivity contribution in [3.05, 3.63) is 24.3 Å². The van der Waals surface area contributed by atoms with Crippen LogP contribution in [0.25, 0.3) is 10.2 Å². The molecular formula is C12H17N3OS. The summed E-state index contributed by atoms with van der Waals surface area (Å²) in [5.74, 6) is 5.97. The van der Waals surface area contributed by atoms with E-state index >= 15 is 0 Å². The van der Waals surface area contributed by atoms with Crippen molar-refractivity contribution < 1.29 is 4.74 Å². The molecule has 0 radical (unpaired) electrons. The normalized spacial score (nSPS) is 10.9. The van der Waals surface area contributed by atoms with Gasteiger partial charge in [-0.15, -0.1) is 0 Å². The topological polar surface area (TPSA) is 51.4 Å². The van der Waals surface area contributed by atoms with Gasteiger partial charge in [0.2, 0.25) is 5.13 Å². The third-order valence-electron chi connectivity index (χ3n) is 2.42. The average molecular weight is 251 g/mol. The van der Waals surface area contributed by atoms with Crippen LogP contribution in [0.3, 0.4) is 0 Å². The van der Waals surface area contributed by atoms with E-state index in [0.717, 1.165) is 36.8 Å². The van der Waals surface area contributed by atoms with Gasteiger partial charge in [0.1, 0.15) is 0 Å². The minimum Gasteiger partial charge on any atom is -0.382 e. The summed E-state index contributed by atoms with van der Waals surface area (Å²) in [6, 6.07) is 8.07. The zero-order chi connectivity index (χ0) is 12.1. The van der Waals surface area contributed by atoms with Gasteiger partial charge in [-0.2, -0.15) is 0 Å². The molecule has 92 valence electrons. The Bertz CT molecular complexity index is 438. The lowest BCUT2D eigenvalue weighted by atomic mass is 10.3. The fourth-order valence-electron chi connectivity index (χ4n) is 1.56. The summed E-state index contributed by atoms with van der Waals surface area (Å²) >= 11 is 1.62. The summed E-state index contributed by atoms with van der Waals surface area (Å²) in [6.07, 6.45) is 0.917. The van der Waals surface area contributed by atoms with E-state index in [1.165, 1.54) is 4.70 Å². The minimum atomic E-state index is 0.745. The van der Waals surface area contributed by atoms with Gasteiger partial charge >= 0.3 is 0 Å². The number of nitrogens with zero attached hydrogens (tertiary/aromatic N) is 2. The van der Waals surface area contributed by atoms with Crippen molar-refractivity contribution in [1.29, 1.82) is 0 Å². The molecule has 0 aliphatic carbocycles. The molecule has 0 aliphatic heterocycles. The molecule has 0 amide bonds. The van der Waals surface area contributed by atoms with Crippen LogP contribution >= 0.6 is 11.3 Å². The summed E-state index contributed by atoms with van der Waals surface area (Å²) in [7, 11) is 0. The predicted octanol–water partition coefficient (Wildman–Crippen LogP) is 2.40. The first-order chi connectivity index (χ1) is 8.31. The van der Waals surface area contributed by atoms with E-state index in [1.54, 1.807) is 16.3 Å². The molecule has 0 spiro atoms. The van der Waals surface area contributed by atoms with Crippen LogP contribution in [0.15, 0.2) is 24.3 Å². The molecule has 0 fully saturated rings. The van der Waals surface area contributed by atoms with Crippen molar-refractivity contribution in [3.63, 3.8) is 0 Å². The van der Waals surface area contributed by atoms with Crippen LogP contribution in [0.1, 0.15) is 13.3 Å². The minimum absolute atomic E-state index is 0.745. The monoisotopic (exact) mass is 251 g/mol. The highest BCUT2D eigenvalue weighted by Crippen LogP contribution is 2.26. The fourth-order valence-corrected chi connectivity index (χ4v) is 2.47. The highest BCUT2D eigenvalue weighted by atomic mass is 32.1. The number of benzene rings is 1.